The van der Waals surface area contributed by atoms with Crippen LogP contribution in [0.1, 0.15) is 43.0 Å². The fourth-order valence-corrected chi connectivity index (χ4v) is 5.09. The van der Waals surface area contributed by atoms with Gasteiger partial charge >= 0.3 is 0 Å². The Morgan fingerprint density at radius 1 is 0.941 bits per heavy atom. The number of aryl methyl sites for hydroxylation is 1. The van der Waals surface area contributed by atoms with Gasteiger partial charge in [-0.25, -0.2) is 0 Å². The quantitative estimate of drug-likeness (QED) is 0.451. The van der Waals surface area contributed by atoms with Crippen LogP contribution in [0.25, 0.3) is 28.5 Å². The number of hydrogen-bond donors (Lipinski definition) is 2. The molecule has 0 fully saturated rings. The Hall–Kier alpha value is -3.86. The van der Waals surface area contributed by atoms with Crippen LogP contribution in [-0.4, -0.2) is 24.9 Å². The molecule has 0 saturated carbocycles. The number of allylic oxidation sites excluding steroid dienone is 1. The largest absolute Gasteiger partial charge is 0.504 e. The third-order valence-electron chi connectivity index (χ3n) is 6.39. The number of phenolic OH excluding ortho intramolecular Hbond substituents is 1. The highest BCUT2D eigenvalue weighted by molar-refractivity contribution is 6.02. The normalized spacial score (nSPS) is 16.4. The zero-order chi connectivity index (χ0) is 24.2. The number of aromatic hydroxyl groups is 1. The first-order valence-electron chi connectivity index (χ1n) is 11.3. The third-order valence-corrected chi connectivity index (χ3v) is 6.39. The Kier molecular flexibility index (Phi) is 5.08. The van der Waals surface area contributed by atoms with Crippen molar-refractivity contribution in [2.24, 2.45) is 0 Å². The van der Waals surface area contributed by atoms with E-state index in [9.17, 15) is 5.11 Å². The molecule has 2 N–H and O–H groups in total. The summed E-state index contributed by atoms with van der Waals surface area (Å²) in [6, 6.07) is 13.6. The van der Waals surface area contributed by atoms with Gasteiger partial charge in [0.1, 0.15) is 17.3 Å². The maximum absolute atomic E-state index is 10.5. The lowest BCUT2D eigenvalue weighted by molar-refractivity contribution is 0.371. The number of phenols is 1. The molecule has 0 saturated heterocycles. The number of ether oxygens (including phenoxy) is 3. The zero-order valence-electron chi connectivity index (χ0n) is 20.4. The predicted octanol–water partition coefficient (Wildman–Crippen LogP) is 6.88. The minimum absolute atomic E-state index is 0.0817. The van der Waals surface area contributed by atoms with E-state index in [2.05, 4.69) is 56.4 Å². The molecule has 5 heteroatoms. The molecule has 0 amide bonds. The molecule has 2 aliphatic heterocycles. The van der Waals surface area contributed by atoms with E-state index < -0.39 is 0 Å². The summed E-state index contributed by atoms with van der Waals surface area (Å²) in [5.74, 6) is 2.72. The number of nitrogens with one attached hydrogen (secondary N) is 1. The topological polar surface area (TPSA) is 60.0 Å². The summed E-state index contributed by atoms with van der Waals surface area (Å²) < 4.78 is 17.5. The van der Waals surface area contributed by atoms with Crippen molar-refractivity contribution in [2.45, 2.75) is 33.2 Å². The second-order valence-electron chi connectivity index (χ2n) is 9.42. The second-order valence-corrected chi connectivity index (χ2v) is 9.42. The van der Waals surface area contributed by atoms with Crippen molar-refractivity contribution in [1.29, 1.82) is 0 Å². The Labute approximate surface area is 200 Å². The highest BCUT2D eigenvalue weighted by atomic mass is 16.5. The molecule has 0 unspecified atom stereocenters. The molecule has 3 aromatic rings. The molecular weight excluding hydrogens is 426 g/mol. The van der Waals surface area contributed by atoms with Crippen LogP contribution in [0.2, 0.25) is 0 Å². The van der Waals surface area contributed by atoms with E-state index in [1.54, 1.807) is 26.4 Å². The van der Waals surface area contributed by atoms with Gasteiger partial charge in [-0.1, -0.05) is 18.2 Å². The lowest BCUT2D eigenvalue weighted by atomic mass is 9.82. The van der Waals surface area contributed by atoms with E-state index >= 15 is 0 Å². The van der Waals surface area contributed by atoms with Crippen molar-refractivity contribution in [1.82, 2.24) is 0 Å². The molecule has 5 rings (SSSR count). The minimum atomic E-state index is -0.161. The summed E-state index contributed by atoms with van der Waals surface area (Å²) in [6.45, 7) is 8.47. The lowest BCUT2D eigenvalue weighted by Crippen LogP contribution is -2.32. The van der Waals surface area contributed by atoms with Crippen LogP contribution in [-0.2, 0) is 0 Å². The zero-order valence-corrected chi connectivity index (χ0v) is 20.4. The molecule has 0 aliphatic carbocycles. The molecule has 5 nitrogen and oxygen atoms in total. The highest BCUT2D eigenvalue weighted by Gasteiger charge is 2.33. The summed E-state index contributed by atoms with van der Waals surface area (Å²) in [6.07, 6.45) is 4.29. The van der Waals surface area contributed by atoms with Crippen LogP contribution in [0.4, 0.5) is 5.69 Å². The fraction of sp³-hybridized carbons (Fsp3) is 0.241. The molecule has 0 radical (unpaired) electrons. The molecule has 0 bridgehead atoms. The lowest BCUT2D eigenvalue weighted by Gasteiger charge is -2.35. The summed E-state index contributed by atoms with van der Waals surface area (Å²) in [5.41, 5.74) is 7.88. The van der Waals surface area contributed by atoms with E-state index in [0.29, 0.717) is 11.5 Å². The van der Waals surface area contributed by atoms with Crippen molar-refractivity contribution in [3.8, 4) is 34.1 Å². The van der Waals surface area contributed by atoms with Gasteiger partial charge in [0, 0.05) is 22.4 Å². The van der Waals surface area contributed by atoms with E-state index in [1.807, 2.05) is 19.1 Å². The first-order valence-corrected chi connectivity index (χ1v) is 11.3. The van der Waals surface area contributed by atoms with Crippen LogP contribution in [0.3, 0.4) is 0 Å². The molecule has 3 aromatic carbocycles. The van der Waals surface area contributed by atoms with Gasteiger partial charge in [-0.15, -0.1) is 0 Å². The van der Waals surface area contributed by atoms with Crippen LogP contribution in [0.5, 0.6) is 23.0 Å². The average Bonchev–Trinajstić information content (AvgIpc) is 2.78. The Balaban J connectivity index is 1.80. The molecule has 174 valence electrons. The number of fused-ring (bicyclic) bond motifs is 5. The van der Waals surface area contributed by atoms with E-state index in [0.717, 1.165) is 50.6 Å². The van der Waals surface area contributed by atoms with Crippen LogP contribution in [0, 0.1) is 6.92 Å². The van der Waals surface area contributed by atoms with Crippen molar-refractivity contribution < 1.29 is 19.3 Å². The van der Waals surface area contributed by atoms with Gasteiger partial charge in [0.2, 0.25) is 0 Å². The second kappa shape index (κ2) is 7.87. The SMILES string of the molecule is COc1ccc(C=C2Oc3ccc(O)c(OC)c3-c3ccc4c(c32)C(C)=CC(C)(C)N4)cc1C. The summed E-state index contributed by atoms with van der Waals surface area (Å²) >= 11 is 0. The highest BCUT2D eigenvalue weighted by Crippen LogP contribution is 2.54. The van der Waals surface area contributed by atoms with Crippen molar-refractivity contribution >= 4 is 23.1 Å². The van der Waals surface area contributed by atoms with Crippen LogP contribution >= 0.6 is 0 Å². The van der Waals surface area contributed by atoms with Gasteiger partial charge in [0.25, 0.3) is 0 Å². The molecule has 0 atom stereocenters. The average molecular weight is 456 g/mol. The smallest absolute Gasteiger partial charge is 0.172 e. The predicted molar refractivity (Wildman–Crippen MR) is 138 cm³/mol. The molecule has 0 aromatic heterocycles. The van der Waals surface area contributed by atoms with Gasteiger partial charge in [0.05, 0.1) is 25.3 Å². The van der Waals surface area contributed by atoms with Crippen LogP contribution in [0.15, 0.2) is 48.5 Å². The number of anilines is 1. The maximum atomic E-state index is 10.5. The van der Waals surface area contributed by atoms with Crippen molar-refractivity contribution in [3.05, 3.63) is 70.8 Å². The van der Waals surface area contributed by atoms with E-state index in [-0.39, 0.29) is 11.3 Å². The van der Waals surface area contributed by atoms with Gasteiger partial charge in [-0.2, -0.15) is 0 Å². The summed E-state index contributed by atoms with van der Waals surface area (Å²) in [4.78, 5) is 0. The van der Waals surface area contributed by atoms with E-state index in [1.165, 1.54) is 5.57 Å². The Bertz CT molecular complexity index is 1380. The first-order chi connectivity index (χ1) is 16.2. The van der Waals surface area contributed by atoms with E-state index in [4.69, 9.17) is 14.2 Å². The number of methoxy groups -OCH3 is 2. The monoisotopic (exact) mass is 455 g/mol. The molecule has 34 heavy (non-hydrogen) atoms. The maximum Gasteiger partial charge on any atom is 0.172 e. The number of rotatable bonds is 3. The van der Waals surface area contributed by atoms with Crippen molar-refractivity contribution in [2.75, 3.05) is 19.5 Å². The van der Waals surface area contributed by atoms with Gasteiger partial charge in [-0.05, 0) is 80.8 Å². The number of benzene rings is 3. The van der Waals surface area contributed by atoms with Gasteiger partial charge in [0.15, 0.2) is 11.5 Å². The standard InChI is InChI=1S/C29H29NO4/c1-16-13-18(7-11-22(16)32-5)14-24-26-19(27-23(34-24)12-10-21(31)28(27)33-6)8-9-20-25(26)17(2)15-29(3,4)30-20/h7-15,30-31H,1-6H3. The first kappa shape index (κ1) is 22.0. The Morgan fingerprint density at radius 3 is 2.44 bits per heavy atom. The molecule has 2 aliphatic rings. The third kappa shape index (κ3) is 3.48. The summed E-state index contributed by atoms with van der Waals surface area (Å²) in [5, 5.41) is 14.1. The van der Waals surface area contributed by atoms with Gasteiger partial charge in [-0.3, -0.25) is 0 Å². The van der Waals surface area contributed by atoms with Crippen LogP contribution < -0.4 is 19.5 Å². The summed E-state index contributed by atoms with van der Waals surface area (Å²) in [7, 11) is 3.24. The number of hydrogen-bond acceptors (Lipinski definition) is 5. The molecular formula is C29H29NO4. The van der Waals surface area contributed by atoms with Crippen molar-refractivity contribution in [3.63, 3.8) is 0 Å². The van der Waals surface area contributed by atoms with Gasteiger partial charge < -0.3 is 24.6 Å². The fourth-order valence-electron chi connectivity index (χ4n) is 5.09. The minimum Gasteiger partial charge on any atom is -0.504 e. The Morgan fingerprint density at radius 2 is 1.74 bits per heavy atom. The molecule has 2 heterocycles. The molecule has 0 spiro atoms.